The molecule has 0 unspecified atom stereocenters. The summed E-state index contributed by atoms with van der Waals surface area (Å²) in [5.74, 6) is 0. The van der Waals surface area contributed by atoms with Crippen LogP contribution in [0.3, 0.4) is 0 Å². The lowest BCUT2D eigenvalue weighted by Crippen LogP contribution is -2.04. The lowest BCUT2D eigenvalue weighted by molar-refractivity contribution is 1.13. The summed E-state index contributed by atoms with van der Waals surface area (Å²) in [5.41, 5.74) is 9.57. The monoisotopic (exact) mass is 525 g/mol. The van der Waals surface area contributed by atoms with Crippen molar-refractivity contribution in [3.05, 3.63) is 134 Å². The second-order valence-corrected chi connectivity index (χ2v) is 9.98. The third kappa shape index (κ3) is 4.03. The largest absolute Gasteiger partial charge is 0.309 e. The SMILES string of the molecule is CC.[B]c1cncc(-c2cc(-n3c4ccccc4c4ccccc43)cc(-n3c4ccccc4c4ccccc43)c2)c1. The predicted octanol–water partition coefficient (Wildman–Crippen LogP) is 8.76. The van der Waals surface area contributed by atoms with Crippen molar-refractivity contribution in [3.63, 3.8) is 0 Å². The number of pyridine rings is 1. The van der Waals surface area contributed by atoms with Gasteiger partial charge in [-0.2, -0.15) is 0 Å². The van der Waals surface area contributed by atoms with Gasteiger partial charge in [0.15, 0.2) is 0 Å². The van der Waals surface area contributed by atoms with Gasteiger partial charge in [0.2, 0.25) is 0 Å². The van der Waals surface area contributed by atoms with Crippen molar-refractivity contribution in [1.82, 2.24) is 14.1 Å². The van der Waals surface area contributed by atoms with Crippen molar-refractivity contribution in [3.8, 4) is 22.5 Å². The van der Waals surface area contributed by atoms with Crippen molar-refractivity contribution in [2.24, 2.45) is 0 Å². The molecule has 5 aromatic carbocycles. The molecule has 3 aromatic heterocycles. The molecule has 0 spiro atoms. The van der Waals surface area contributed by atoms with E-state index in [-0.39, 0.29) is 0 Å². The van der Waals surface area contributed by atoms with Gasteiger partial charge in [0.1, 0.15) is 7.85 Å². The van der Waals surface area contributed by atoms with Crippen LogP contribution in [0, 0.1) is 0 Å². The average Bonchev–Trinajstić information content (AvgIpc) is 3.55. The highest BCUT2D eigenvalue weighted by atomic mass is 15.0. The number of rotatable bonds is 3. The first-order valence-electron chi connectivity index (χ1n) is 14.1. The van der Waals surface area contributed by atoms with Gasteiger partial charge in [0.25, 0.3) is 0 Å². The first-order valence-corrected chi connectivity index (χ1v) is 14.1. The molecule has 0 aliphatic carbocycles. The summed E-state index contributed by atoms with van der Waals surface area (Å²) in [4.78, 5) is 4.41. The maximum atomic E-state index is 6.19. The normalized spacial score (nSPS) is 11.3. The highest BCUT2D eigenvalue weighted by molar-refractivity contribution is 6.32. The second-order valence-electron chi connectivity index (χ2n) is 9.98. The molecule has 8 rings (SSSR count). The molecule has 41 heavy (non-hydrogen) atoms. The summed E-state index contributed by atoms with van der Waals surface area (Å²) < 4.78 is 4.73. The quantitative estimate of drug-likeness (QED) is 0.212. The number of fused-ring (bicyclic) bond motifs is 6. The van der Waals surface area contributed by atoms with Gasteiger partial charge in [-0.05, 0) is 53.6 Å². The van der Waals surface area contributed by atoms with Crippen LogP contribution in [0.1, 0.15) is 13.8 Å². The maximum Gasteiger partial charge on any atom is 0.115 e. The Morgan fingerprint density at radius 2 is 0.854 bits per heavy atom. The molecule has 0 bridgehead atoms. The molecule has 3 heterocycles. The summed E-state index contributed by atoms with van der Waals surface area (Å²) >= 11 is 0. The Bertz CT molecular complexity index is 1960. The van der Waals surface area contributed by atoms with Crippen molar-refractivity contribution in [2.45, 2.75) is 13.8 Å². The van der Waals surface area contributed by atoms with Gasteiger partial charge >= 0.3 is 0 Å². The van der Waals surface area contributed by atoms with Crippen LogP contribution in [0.25, 0.3) is 66.1 Å². The first-order chi connectivity index (χ1) is 20.3. The molecule has 0 aliphatic rings. The highest BCUT2D eigenvalue weighted by Gasteiger charge is 2.17. The van der Waals surface area contributed by atoms with Gasteiger partial charge in [0, 0.05) is 45.3 Å². The fraction of sp³-hybridized carbons (Fsp3) is 0.0541. The van der Waals surface area contributed by atoms with Crippen molar-refractivity contribution >= 4 is 56.9 Å². The third-order valence-corrected chi connectivity index (χ3v) is 7.67. The van der Waals surface area contributed by atoms with Crippen LogP contribution in [-0.2, 0) is 0 Å². The Morgan fingerprint density at radius 1 is 0.463 bits per heavy atom. The number of aromatic nitrogens is 3. The minimum absolute atomic E-state index is 0.646. The zero-order chi connectivity index (χ0) is 27.9. The molecule has 194 valence electrons. The van der Waals surface area contributed by atoms with Gasteiger partial charge in [-0.25, -0.2) is 0 Å². The molecule has 3 nitrogen and oxygen atoms in total. The Balaban J connectivity index is 0.00000135. The van der Waals surface area contributed by atoms with E-state index in [2.05, 4.69) is 129 Å². The molecule has 0 amide bonds. The number of nitrogens with zero attached hydrogens (tertiary/aromatic N) is 3. The van der Waals surface area contributed by atoms with Crippen LogP contribution in [0.2, 0.25) is 0 Å². The number of para-hydroxylation sites is 4. The predicted molar refractivity (Wildman–Crippen MR) is 175 cm³/mol. The number of benzene rings is 5. The molecule has 0 saturated heterocycles. The van der Waals surface area contributed by atoms with Crippen LogP contribution in [0.15, 0.2) is 134 Å². The lowest BCUT2D eigenvalue weighted by Gasteiger charge is -2.16. The molecular formula is C37H28BN3. The zero-order valence-electron chi connectivity index (χ0n) is 23.1. The van der Waals surface area contributed by atoms with E-state index in [0.717, 1.165) is 22.5 Å². The Kier molecular flexibility index (Phi) is 6.17. The fourth-order valence-electron chi connectivity index (χ4n) is 6.04. The van der Waals surface area contributed by atoms with E-state index in [1.54, 1.807) is 6.20 Å². The summed E-state index contributed by atoms with van der Waals surface area (Å²) in [7, 11) is 6.19. The van der Waals surface area contributed by atoms with E-state index in [4.69, 9.17) is 7.85 Å². The molecule has 2 radical (unpaired) electrons. The van der Waals surface area contributed by atoms with E-state index in [0.29, 0.717) is 5.46 Å². The molecule has 0 N–H and O–H groups in total. The minimum Gasteiger partial charge on any atom is -0.309 e. The highest BCUT2D eigenvalue weighted by Crippen LogP contribution is 2.37. The lowest BCUT2D eigenvalue weighted by atomic mass is 9.95. The summed E-state index contributed by atoms with van der Waals surface area (Å²) in [6, 6.07) is 43.2. The standard InChI is InChI=1S/C35H22BN3.C2H6/c36-25-17-24(21-37-22-25)23-18-26(38-32-13-5-1-9-28(32)29-10-2-6-14-33(29)38)20-27(19-23)39-34-15-7-3-11-30(34)31-12-4-8-16-35(31)39;1-2/h1-22H;1-2H3. The Labute approximate surface area is 240 Å². The zero-order valence-corrected chi connectivity index (χ0v) is 23.1. The van der Waals surface area contributed by atoms with Gasteiger partial charge in [-0.1, -0.05) is 98.2 Å². The maximum absolute atomic E-state index is 6.19. The summed E-state index contributed by atoms with van der Waals surface area (Å²) in [5, 5.41) is 4.95. The average molecular weight is 525 g/mol. The summed E-state index contributed by atoms with van der Waals surface area (Å²) in [6.45, 7) is 4.00. The van der Waals surface area contributed by atoms with Crippen LogP contribution in [0.4, 0.5) is 0 Å². The van der Waals surface area contributed by atoms with Crippen LogP contribution in [0.5, 0.6) is 0 Å². The van der Waals surface area contributed by atoms with Crippen LogP contribution < -0.4 is 5.46 Å². The van der Waals surface area contributed by atoms with Crippen LogP contribution in [-0.4, -0.2) is 22.0 Å². The molecule has 0 aliphatic heterocycles. The minimum atomic E-state index is 0.646. The van der Waals surface area contributed by atoms with Gasteiger partial charge in [-0.3, -0.25) is 4.98 Å². The van der Waals surface area contributed by atoms with E-state index in [1.165, 1.54) is 43.6 Å². The molecule has 0 saturated carbocycles. The van der Waals surface area contributed by atoms with E-state index < -0.39 is 0 Å². The smallest absolute Gasteiger partial charge is 0.115 e. The Morgan fingerprint density at radius 3 is 1.24 bits per heavy atom. The van der Waals surface area contributed by atoms with E-state index in [1.807, 2.05) is 26.1 Å². The first kappa shape index (κ1) is 24.9. The molecular weight excluding hydrogens is 497 g/mol. The van der Waals surface area contributed by atoms with Gasteiger partial charge < -0.3 is 9.13 Å². The number of hydrogen-bond donors (Lipinski definition) is 0. The topological polar surface area (TPSA) is 22.8 Å². The van der Waals surface area contributed by atoms with E-state index >= 15 is 0 Å². The van der Waals surface area contributed by atoms with Crippen molar-refractivity contribution in [2.75, 3.05) is 0 Å². The second kappa shape index (κ2) is 10.1. The van der Waals surface area contributed by atoms with Crippen molar-refractivity contribution in [1.29, 1.82) is 0 Å². The molecule has 4 heteroatoms. The molecule has 0 atom stereocenters. The molecule has 8 aromatic rings. The van der Waals surface area contributed by atoms with Crippen LogP contribution >= 0.6 is 0 Å². The summed E-state index contributed by atoms with van der Waals surface area (Å²) in [6.07, 6.45) is 3.57. The Hall–Kier alpha value is -5.09. The fourth-order valence-corrected chi connectivity index (χ4v) is 6.04. The third-order valence-electron chi connectivity index (χ3n) is 7.67. The van der Waals surface area contributed by atoms with E-state index in [9.17, 15) is 0 Å². The van der Waals surface area contributed by atoms with Gasteiger partial charge in [-0.15, -0.1) is 0 Å². The van der Waals surface area contributed by atoms with Gasteiger partial charge in [0.05, 0.1) is 22.1 Å². The van der Waals surface area contributed by atoms with Crippen molar-refractivity contribution < 1.29 is 0 Å². The number of hydrogen-bond acceptors (Lipinski definition) is 1. The molecule has 0 fully saturated rings.